The molecule has 92 valence electrons. The molecule has 1 unspecified atom stereocenters. The van der Waals surface area contributed by atoms with Crippen molar-refractivity contribution < 1.29 is 23.1 Å². The van der Waals surface area contributed by atoms with Crippen molar-refractivity contribution in [3.05, 3.63) is 35.4 Å². The molecule has 1 aliphatic rings. The minimum atomic E-state index is -4.39. The van der Waals surface area contributed by atoms with Gasteiger partial charge < -0.3 is 5.11 Å². The van der Waals surface area contributed by atoms with Crippen LogP contribution in [0.25, 0.3) is 0 Å². The van der Waals surface area contributed by atoms with E-state index in [1.54, 1.807) is 13.0 Å². The fourth-order valence-electron chi connectivity index (χ4n) is 2.09. The fourth-order valence-corrected chi connectivity index (χ4v) is 2.09. The highest BCUT2D eigenvalue weighted by molar-refractivity contribution is 5.77. The van der Waals surface area contributed by atoms with Gasteiger partial charge in [-0.1, -0.05) is 25.1 Å². The molecule has 0 aromatic heterocycles. The Labute approximate surface area is 96.1 Å². The van der Waals surface area contributed by atoms with Gasteiger partial charge in [0.25, 0.3) is 0 Å². The zero-order valence-corrected chi connectivity index (χ0v) is 9.08. The molecule has 0 saturated heterocycles. The van der Waals surface area contributed by atoms with Crippen LogP contribution in [0.4, 0.5) is 13.2 Å². The maximum absolute atomic E-state index is 12.5. The maximum atomic E-state index is 12.5. The summed E-state index contributed by atoms with van der Waals surface area (Å²) in [5.41, 5.74) is -0.945. The molecular weight excluding hydrogens is 233 g/mol. The van der Waals surface area contributed by atoms with Crippen LogP contribution in [0.1, 0.15) is 24.5 Å². The summed E-state index contributed by atoms with van der Waals surface area (Å²) in [4.78, 5) is 10.8. The first kappa shape index (κ1) is 12.0. The molecule has 2 nitrogen and oxygen atoms in total. The average molecular weight is 244 g/mol. The van der Waals surface area contributed by atoms with E-state index in [0.29, 0.717) is 12.0 Å². The zero-order valence-electron chi connectivity index (χ0n) is 9.08. The van der Waals surface area contributed by atoms with Crippen LogP contribution in [-0.4, -0.2) is 11.1 Å². The third kappa shape index (κ3) is 2.01. The molecule has 5 heteroatoms. The molecular formula is C12H11F3O2. The van der Waals surface area contributed by atoms with Crippen molar-refractivity contribution in [1.29, 1.82) is 0 Å². The van der Waals surface area contributed by atoms with Crippen LogP contribution >= 0.6 is 0 Å². The van der Waals surface area contributed by atoms with Crippen molar-refractivity contribution in [2.75, 3.05) is 0 Å². The second-order valence-corrected chi connectivity index (χ2v) is 4.59. The van der Waals surface area contributed by atoms with Crippen molar-refractivity contribution in [2.24, 2.45) is 5.92 Å². The molecule has 17 heavy (non-hydrogen) atoms. The quantitative estimate of drug-likeness (QED) is 0.868. The van der Waals surface area contributed by atoms with Gasteiger partial charge in [-0.2, -0.15) is 13.2 Å². The molecule has 0 amide bonds. The van der Waals surface area contributed by atoms with Crippen LogP contribution in [0.3, 0.4) is 0 Å². The maximum Gasteiger partial charge on any atom is 0.416 e. The van der Waals surface area contributed by atoms with Gasteiger partial charge in [0.2, 0.25) is 0 Å². The van der Waals surface area contributed by atoms with Crippen LogP contribution in [0, 0.1) is 5.92 Å². The van der Waals surface area contributed by atoms with E-state index in [4.69, 9.17) is 5.11 Å². The van der Waals surface area contributed by atoms with Gasteiger partial charge >= 0.3 is 12.1 Å². The van der Waals surface area contributed by atoms with E-state index in [9.17, 15) is 18.0 Å². The number of halogens is 3. The lowest BCUT2D eigenvalue weighted by Crippen LogP contribution is -2.13. The molecule has 1 N–H and O–H groups in total. The van der Waals surface area contributed by atoms with Gasteiger partial charge in [0.15, 0.2) is 0 Å². The first-order valence-corrected chi connectivity index (χ1v) is 5.16. The standard InChI is InChI=1S/C12H11F3O2/c1-11(6-9(11)10(16)17)7-3-2-4-8(5-7)12(13,14)15/h2-5,9H,6H2,1H3,(H,16,17)/t9-,11?/m0/s1. The molecule has 0 heterocycles. The summed E-state index contributed by atoms with van der Waals surface area (Å²) in [7, 11) is 0. The lowest BCUT2D eigenvalue weighted by Gasteiger charge is -2.13. The van der Waals surface area contributed by atoms with Crippen LogP contribution in [0.15, 0.2) is 24.3 Å². The summed E-state index contributed by atoms with van der Waals surface area (Å²) in [5, 5.41) is 8.86. The molecule has 1 aliphatic carbocycles. The summed E-state index contributed by atoms with van der Waals surface area (Å²) in [6, 6.07) is 4.91. The second-order valence-electron chi connectivity index (χ2n) is 4.59. The van der Waals surface area contributed by atoms with Gasteiger partial charge in [-0.15, -0.1) is 0 Å². The van der Waals surface area contributed by atoms with E-state index < -0.39 is 29.0 Å². The van der Waals surface area contributed by atoms with Crippen molar-refractivity contribution in [3.63, 3.8) is 0 Å². The monoisotopic (exact) mass is 244 g/mol. The number of carboxylic acids is 1. The largest absolute Gasteiger partial charge is 0.481 e. The number of rotatable bonds is 2. The number of carbonyl (C=O) groups is 1. The SMILES string of the molecule is CC1(c2cccc(C(F)(F)F)c2)C[C@H]1C(=O)O. The Morgan fingerprint density at radius 1 is 1.47 bits per heavy atom. The van der Waals surface area contributed by atoms with E-state index in [0.717, 1.165) is 12.1 Å². The third-order valence-electron chi connectivity index (χ3n) is 3.38. The second kappa shape index (κ2) is 3.48. The molecule has 1 aromatic carbocycles. The fraction of sp³-hybridized carbons (Fsp3) is 0.417. The summed E-state index contributed by atoms with van der Waals surface area (Å²) in [5.74, 6) is -1.53. The van der Waals surface area contributed by atoms with Crippen LogP contribution < -0.4 is 0 Å². The smallest absolute Gasteiger partial charge is 0.416 e. The van der Waals surface area contributed by atoms with Crippen molar-refractivity contribution >= 4 is 5.97 Å². The lowest BCUT2D eigenvalue weighted by molar-refractivity contribution is -0.139. The molecule has 0 radical (unpaired) electrons. The first-order chi connectivity index (χ1) is 7.75. The van der Waals surface area contributed by atoms with E-state index in [-0.39, 0.29) is 0 Å². The van der Waals surface area contributed by atoms with Gasteiger partial charge in [0, 0.05) is 5.41 Å². The highest BCUT2D eigenvalue weighted by Crippen LogP contribution is 2.54. The number of alkyl halides is 3. The lowest BCUT2D eigenvalue weighted by atomic mass is 9.94. The van der Waals surface area contributed by atoms with Crippen molar-refractivity contribution in [1.82, 2.24) is 0 Å². The molecule has 1 saturated carbocycles. The number of carboxylic acid groups (broad SMARTS) is 1. The van der Waals surface area contributed by atoms with Gasteiger partial charge in [-0.25, -0.2) is 0 Å². The van der Waals surface area contributed by atoms with Crippen LogP contribution in [-0.2, 0) is 16.4 Å². The molecule has 2 rings (SSSR count). The van der Waals surface area contributed by atoms with Gasteiger partial charge in [0.1, 0.15) is 0 Å². The van der Waals surface area contributed by atoms with Crippen LogP contribution in [0.5, 0.6) is 0 Å². The molecule has 1 aromatic rings. The topological polar surface area (TPSA) is 37.3 Å². The summed E-state index contributed by atoms with van der Waals surface area (Å²) in [6.45, 7) is 1.68. The predicted octanol–water partition coefficient (Wildman–Crippen LogP) is 3.07. The van der Waals surface area contributed by atoms with Gasteiger partial charge in [-0.3, -0.25) is 4.79 Å². The average Bonchev–Trinajstić information content (AvgIpc) is 2.92. The number of benzene rings is 1. The molecule has 0 spiro atoms. The molecule has 2 atom stereocenters. The summed E-state index contributed by atoms with van der Waals surface area (Å²) in [6.07, 6.45) is -4.00. The first-order valence-electron chi connectivity index (χ1n) is 5.16. The van der Waals surface area contributed by atoms with Gasteiger partial charge in [-0.05, 0) is 18.1 Å². The Kier molecular flexibility index (Phi) is 2.45. The predicted molar refractivity (Wildman–Crippen MR) is 54.5 cm³/mol. The van der Waals surface area contributed by atoms with E-state index >= 15 is 0 Å². The van der Waals surface area contributed by atoms with E-state index in [1.807, 2.05) is 0 Å². The van der Waals surface area contributed by atoms with E-state index in [2.05, 4.69) is 0 Å². The van der Waals surface area contributed by atoms with Crippen molar-refractivity contribution in [2.45, 2.75) is 24.9 Å². The Balaban J connectivity index is 2.33. The zero-order chi connectivity index (χ0) is 12.8. The minimum absolute atomic E-state index is 0.393. The molecule has 1 fully saturated rings. The Bertz CT molecular complexity index is 467. The van der Waals surface area contributed by atoms with Crippen LogP contribution in [0.2, 0.25) is 0 Å². The Hall–Kier alpha value is -1.52. The Morgan fingerprint density at radius 3 is 2.59 bits per heavy atom. The number of hydrogen-bond acceptors (Lipinski definition) is 1. The molecule has 0 aliphatic heterocycles. The number of hydrogen-bond donors (Lipinski definition) is 1. The Morgan fingerprint density at radius 2 is 2.12 bits per heavy atom. The summed E-state index contributed by atoms with van der Waals surface area (Å²) >= 11 is 0. The highest BCUT2D eigenvalue weighted by atomic mass is 19.4. The van der Waals surface area contributed by atoms with Crippen molar-refractivity contribution in [3.8, 4) is 0 Å². The normalized spacial score (nSPS) is 27.9. The van der Waals surface area contributed by atoms with E-state index in [1.165, 1.54) is 6.07 Å². The highest BCUT2D eigenvalue weighted by Gasteiger charge is 2.56. The minimum Gasteiger partial charge on any atom is -0.481 e. The summed E-state index contributed by atoms with van der Waals surface area (Å²) < 4.78 is 37.5. The molecule has 0 bridgehead atoms. The third-order valence-corrected chi connectivity index (χ3v) is 3.38. The number of aliphatic carboxylic acids is 1. The van der Waals surface area contributed by atoms with Gasteiger partial charge in [0.05, 0.1) is 11.5 Å².